The Morgan fingerprint density at radius 2 is 2.26 bits per heavy atom. The molecule has 1 aliphatic rings. The minimum Gasteiger partial charge on any atom is -0.484 e. The highest BCUT2D eigenvalue weighted by molar-refractivity contribution is 7.11. The minimum absolute atomic E-state index is 0.118. The molecule has 108 valence electrons. The summed E-state index contributed by atoms with van der Waals surface area (Å²) in [4.78, 5) is 4.64. The molecule has 0 aliphatic carbocycles. The Kier molecular flexibility index (Phi) is 4.52. The summed E-state index contributed by atoms with van der Waals surface area (Å²) in [5.74, 6) is 1.29. The predicted octanol–water partition coefficient (Wildman–Crippen LogP) is 2.04. The van der Waals surface area contributed by atoms with Gasteiger partial charge < -0.3 is 20.3 Å². The van der Waals surface area contributed by atoms with Gasteiger partial charge in [0.25, 0.3) is 0 Å². The molecule has 0 amide bonds. The van der Waals surface area contributed by atoms with Gasteiger partial charge in [0, 0.05) is 19.1 Å². The largest absolute Gasteiger partial charge is 0.484 e. The predicted molar refractivity (Wildman–Crippen MR) is 81.2 cm³/mol. The van der Waals surface area contributed by atoms with Crippen molar-refractivity contribution in [1.29, 1.82) is 0 Å². The van der Waals surface area contributed by atoms with Gasteiger partial charge in [-0.2, -0.15) is 4.37 Å². The van der Waals surface area contributed by atoms with Gasteiger partial charge in [0.15, 0.2) is 16.6 Å². The quantitative estimate of drug-likeness (QED) is 0.897. The number of nitrogen functional groups attached to an aromatic ring is 1. The van der Waals surface area contributed by atoms with Gasteiger partial charge >= 0.3 is 0 Å². The third kappa shape index (κ3) is 3.30. The monoisotopic (exact) mass is 284 g/mol. The molecule has 0 aromatic carbocycles. The lowest BCUT2D eigenvalue weighted by Crippen LogP contribution is -2.37. The zero-order valence-electron chi connectivity index (χ0n) is 12.2. The van der Waals surface area contributed by atoms with Crippen LogP contribution in [-0.2, 0) is 0 Å². The van der Waals surface area contributed by atoms with E-state index in [-0.39, 0.29) is 6.10 Å². The average molecular weight is 284 g/mol. The maximum atomic E-state index is 5.94. The van der Waals surface area contributed by atoms with E-state index in [1.165, 1.54) is 24.4 Å². The highest BCUT2D eigenvalue weighted by atomic mass is 32.1. The van der Waals surface area contributed by atoms with Crippen molar-refractivity contribution in [1.82, 2.24) is 9.27 Å². The summed E-state index contributed by atoms with van der Waals surface area (Å²) in [6.45, 7) is 6.15. The Labute approximate surface area is 119 Å². The van der Waals surface area contributed by atoms with Gasteiger partial charge in [0.1, 0.15) is 0 Å². The Morgan fingerprint density at radius 3 is 2.89 bits per heavy atom. The molecular formula is C13H24N4OS. The Morgan fingerprint density at radius 1 is 1.53 bits per heavy atom. The van der Waals surface area contributed by atoms with Crippen molar-refractivity contribution < 1.29 is 4.74 Å². The molecule has 1 aromatic heterocycles. The number of rotatable bonds is 5. The molecule has 0 spiro atoms. The van der Waals surface area contributed by atoms with Crippen LogP contribution in [0.2, 0.25) is 0 Å². The summed E-state index contributed by atoms with van der Waals surface area (Å²) < 4.78 is 10.1. The molecule has 0 radical (unpaired) electrons. The van der Waals surface area contributed by atoms with Crippen molar-refractivity contribution in [3.63, 3.8) is 0 Å². The van der Waals surface area contributed by atoms with Crippen molar-refractivity contribution in [2.24, 2.45) is 0 Å². The van der Waals surface area contributed by atoms with E-state index in [0.717, 1.165) is 23.8 Å². The molecule has 2 rings (SSSR count). The SMILES string of the molecule is CC(C)Oc1c(N)nsc1N1CCCC1CN(C)C. The zero-order valence-corrected chi connectivity index (χ0v) is 13.0. The number of likely N-dealkylation sites (N-methyl/N-ethyl adjacent to an activating group) is 1. The van der Waals surface area contributed by atoms with Crippen molar-refractivity contribution in [3.8, 4) is 5.75 Å². The van der Waals surface area contributed by atoms with Crippen LogP contribution < -0.4 is 15.4 Å². The summed E-state index contributed by atoms with van der Waals surface area (Å²) in [6, 6.07) is 0.532. The van der Waals surface area contributed by atoms with Crippen LogP contribution in [0.25, 0.3) is 0 Å². The molecular weight excluding hydrogens is 260 g/mol. The molecule has 1 aromatic rings. The van der Waals surface area contributed by atoms with Crippen molar-refractivity contribution >= 4 is 22.4 Å². The Balaban J connectivity index is 2.20. The van der Waals surface area contributed by atoms with Gasteiger partial charge in [-0.1, -0.05) is 0 Å². The second kappa shape index (κ2) is 5.96. The molecule has 0 bridgehead atoms. The van der Waals surface area contributed by atoms with Crippen LogP contribution in [0.15, 0.2) is 0 Å². The number of nitrogens with two attached hydrogens (primary N) is 1. The first-order chi connectivity index (χ1) is 8.99. The standard InChI is InChI=1S/C13H24N4OS/c1-9(2)18-11-12(14)15-19-13(11)17-7-5-6-10(17)8-16(3)4/h9-10H,5-8H2,1-4H3,(H2,14,15). The molecule has 19 heavy (non-hydrogen) atoms. The van der Waals surface area contributed by atoms with E-state index in [0.29, 0.717) is 11.9 Å². The van der Waals surface area contributed by atoms with Crippen LogP contribution in [0, 0.1) is 0 Å². The maximum absolute atomic E-state index is 5.94. The fourth-order valence-corrected chi connectivity index (χ4v) is 3.38. The maximum Gasteiger partial charge on any atom is 0.198 e. The Bertz CT molecular complexity index is 419. The molecule has 1 fully saturated rings. The van der Waals surface area contributed by atoms with Crippen LogP contribution in [0.3, 0.4) is 0 Å². The van der Waals surface area contributed by atoms with E-state index < -0.39 is 0 Å². The minimum atomic E-state index is 0.118. The Hall–Kier alpha value is -1.01. The first kappa shape index (κ1) is 14.4. The molecule has 0 saturated carbocycles. The molecule has 1 aliphatic heterocycles. The van der Waals surface area contributed by atoms with Crippen molar-refractivity contribution in [2.45, 2.75) is 38.8 Å². The van der Waals surface area contributed by atoms with E-state index in [1.807, 2.05) is 13.8 Å². The van der Waals surface area contributed by atoms with Crippen LogP contribution in [0.5, 0.6) is 5.75 Å². The third-order valence-electron chi connectivity index (χ3n) is 3.22. The van der Waals surface area contributed by atoms with Gasteiger partial charge in [-0.3, -0.25) is 0 Å². The lowest BCUT2D eigenvalue weighted by atomic mass is 10.2. The van der Waals surface area contributed by atoms with Gasteiger partial charge in [-0.25, -0.2) is 0 Å². The van der Waals surface area contributed by atoms with Crippen LogP contribution in [0.1, 0.15) is 26.7 Å². The van der Waals surface area contributed by atoms with Crippen molar-refractivity contribution in [3.05, 3.63) is 0 Å². The second-order valence-electron chi connectivity index (χ2n) is 5.62. The van der Waals surface area contributed by atoms with Gasteiger partial charge in [-0.15, -0.1) is 0 Å². The second-order valence-corrected chi connectivity index (χ2v) is 6.37. The van der Waals surface area contributed by atoms with Gasteiger partial charge in [-0.05, 0) is 52.3 Å². The summed E-state index contributed by atoms with van der Waals surface area (Å²) in [5.41, 5.74) is 5.94. The summed E-state index contributed by atoms with van der Waals surface area (Å²) in [6.07, 6.45) is 2.56. The van der Waals surface area contributed by atoms with Crippen molar-refractivity contribution in [2.75, 3.05) is 37.8 Å². The number of anilines is 2. The average Bonchev–Trinajstić information content (AvgIpc) is 2.86. The fourth-order valence-electron chi connectivity index (χ4n) is 2.53. The molecule has 1 atom stereocenters. The first-order valence-electron chi connectivity index (χ1n) is 6.82. The number of hydrogen-bond acceptors (Lipinski definition) is 6. The van der Waals surface area contributed by atoms with Gasteiger partial charge in [0.2, 0.25) is 0 Å². The third-order valence-corrected chi connectivity index (χ3v) is 4.11. The van der Waals surface area contributed by atoms with E-state index in [9.17, 15) is 0 Å². The number of ether oxygens (including phenoxy) is 1. The normalized spacial score (nSPS) is 19.7. The summed E-state index contributed by atoms with van der Waals surface area (Å²) in [7, 11) is 4.23. The smallest absolute Gasteiger partial charge is 0.198 e. The molecule has 2 N–H and O–H groups in total. The van der Waals surface area contributed by atoms with Crippen LogP contribution in [0.4, 0.5) is 10.8 Å². The number of nitrogens with zero attached hydrogens (tertiary/aromatic N) is 3. The van der Waals surface area contributed by atoms with E-state index in [1.54, 1.807) is 0 Å². The lowest BCUT2D eigenvalue weighted by Gasteiger charge is -2.28. The molecule has 5 nitrogen and oxygen atoms in total. The first-order valence-corrected chi connectivity index (χ1v) is 7.59. The fraction of sp³-hybridized carbons (Fsp3) is 0.769. The molecule has 1 unspecified atom stereocenters. The summed E-state index contributed by atoms with van der Waals surface area (Å²) >= 11 is 1.45. The number of hydrogen-bond donors (Lipinski definition) is 1. The zero-order chi connectivity index (χ0) is 14.0. The molecule has 1 saturated heterocycles. The lowest BCUT2D eigenvalue weighted by molar-refractivity contribution is 0.244. The summed E-state index contributed by atoms with van der Waals surface area (Å²) in [5, 5.41) is 1.09. The van der Waals surface area contributed by atoms with Crippen LogP contribution >= 0.6 is 11.5 Å². The molecule has 2 heterocycles. The van der Waals surface area contributed by atoms with E-state index in [4.69, 9.17) is 10.5 Å². The van der Waals surface area contributed by atoms with Crippen LogP contribution in [-0.4, -0.2) is 48.6 Å². The van der Waals surface area contributed by atoms with Gasteiger partial charge in [0.05, 0.1) is 6.10 Å². The highest BCUT2D eigenvalue weighted by Gasteiger charge is 2.30. The number of aromatic nitrogens is 1. The van der Waals surface area contributed by atoms with E-state index >= 15 is 0 Å². The molecule has 6 heteroatoms. The highest BCUT2D eigenvalue weighted by Crippen LogP contribution is 2.42. The van der Waals surface area contributed by atoms with E-state index in [2.05, 4.69) is 28.3 Å². The topological polar surface area (TPSA) is 54.6 Å².